The summed E-state index contributed by atoms with van der Waals surface area (Å²) in [5, 5.41) is 0. The molecule has 0 aromatic carbocycles. The Morgan fingerprint density at radius 1 is 1.83 bits per heavy atom. The first-order chi connectivity index (χ1) is 2.41. The molecule has 0 spiro atoms. The Balaban J connectivity index is 0. The molecule has 0 N–H and O–H groups in total. The van der Waals surface area contributed by atoms with Crippen LogP contribution < -0.4 is 0 Å². The second-order valence-electron chi connectivity index (χ2n) is 0.552. The van der Waals surface area contributed by atoms with Crippen LogP contribution in [-0.4, -0.2) is 24.0 Å². The Bertz CT molecular complexity index is 32.7. The van der Waals surface area contributed by atoms with Crippen LogP contribution in [0.4, 0.5) is 0 Å². The van der Waals surface area contributed by atoms with Gasteiger partial charge in [-0.1, -0.05) is 0 Å². The number of hydrogen-bond donors (Lipinski definition) is 0. The van der Waals surface area contributed by atoms with E-state index in [9.17, 15) is 4.57 Å². The van der Waals surface area contributed by atoms with Crippen LogP contribution >= 0.6 is 8.69 Å². The zero-order chi connectivity index (χ0) is 4.12. The molecular weight excluding hydrogens is 114 g/mol. The van der Waals surface area contributed by atoms with E-state index in [4.69, 9.17) is 0 Å². The summed E-state index contributed by atoms with van der Waals surface area (Å²) in [5.41, 5.74) is 0. The second-order valence-corrected chi connectivity index (χ2v) is 1.08. The van der Waals surface area contributed by atoms with Crippen molar-refractivity contribution in [3.63, 3.8) is 0 Å². The van der Waals surface area contributed by atoms with Crippen LogP contribution in [-0.2, 0) is 9.09 Å². The van der Waals surface area contributed by atoms with E-state index in [2.05, 4.69) is 4.52 Å². The van der Waals surface area contributed by atoms with Crippen molar-refractivity contribution in [2.45, 2.75) is 6.92 Å². The van der Waals surface area contributed by atoms with E-state index in [1.165, 1.54) is 0 Å². The van der Waals surface area contributed by atoms with Crippen molar-refractivity contribution in [2.24, 2.45) is 0 Å². The van der Waals surface area contributed by atoms with Crippen molar-refractivity contribution in [1.29, 1.82) is 0 Å². The zero-order valence-corrected chi connectivity index (χ0v) is 4.26. The highest BCUT2D eigenvalue weighted by atomic mass is 31.1. The van der Waals surface area contributed by atoms with Gasteiger partial charge in [0.2, 0.25) is 0 Å². The van der Waals surface area contributed by atoms with Crippen molar-refractivity contribution in [3.8, 4) is 0 Å². The summed E-state index contributed by atoms with van der Waals surface area (Å²) in [4.78, 5) is 0. The highest BCUT2D eigenvalue weighted by molar-refractivity contribution is 7.17. The third kappa shape index (κ3) is 8.83. The molecule has 4 heteroatoms. The van der Waals surface area contributed by atoms with Crippen LogP contribution in [0.3, 0.4) is 0 Å². The molecule has 0 amide bonds. The smallest absolute Gasteiger partial charge is 0.187 e. The standard InChI is InChI=1S/C2H7O2P.Al.3H/c1-2-4-5-3;;;;/h2,5H2,1H3;;;;. The maximum atomic E-state index is 9.39. The van der Waals surface area contributed by atoms with Gasteiger partial charge in [0.25, 0.3) is 0 Å². The molecule has 0 saturated heterocycles. The molecule has 0 saturated carbocycles. The van der Waals surface area contributed by atoms with Crippen molar-refractivity contribution in [2.75, 3.05) is 6.61 Å². The fourth-order valence-corrected chi connectivity index (χ4v) is 0.204. The third-order valence-electron chi connectivity index (χ3n) is 0.235. The van der Waals surface area contributed by atoms with Gasteiger partial charge in [-0.25, -0.2) is 0 Å². The van der Waals surface area contributed by atoms with Gasteiger partial charge >= 0.3 is 0 Å². The van der Waals surface area contributed by atoms with Gasteiger partial charge < -0.3 is 4.52 Å². The minimum atomic E-state index is -0.964. The summed E-state index contributed by atoms with van der Waals surface area (Å²) in [6.45, 7) is 2.38. The monoisotopic (exact) mass is 124 g/mol. The van der Waals surface area contributed by atoms with Gasteiger partial charge in [-0.15, -0.1) is 0 Å². The molecule has 0 aliphatic rings. The van der Waals surface area contributed by atoms with Gasteiger partial charge in [0.15, 0.2) is 26.0 Å². The molecule has 1 atom stereocenters. The molecule has 0 aromatic rings. The summed E-state index contributed by atoms with van der Waals surface area (Å²) in [7, 11) is -0.964. The van der Waals surface area contributed by atoms with Gasteiger partial charge in [-0.05, 0) is 6.92 Å². The molecular formula is C2H10AlO2P. The van der Waals surface area contributed by atoms with Crippen LogP contribution in [0.25, 0.3) is 0 Å². The average molecular weight is 124 g/mol. The molecule has 0 bridgehead atoms. The summed E-state index contributed by atoms with van der Waals surface area (Å²) in [6, 6.07) is 0. The fourth-order valence-electron chi connectivity index (χ4n) is 0.0680. The Hall–Kier alpha value is 0.722. The zero-order valence-electron chi connectivity index (χ0n) is 3.10. The van der Waals surface area contributed by atoms with Crippen molar-refractivity contribution >= 4 is 26.0 Å². The Kier molecular flexibility index (Phi) is 15.2. The van der Waals surface area contributed by atoms with Gasteiger partial charge in [-0.2, -0.15) is 0 Å². The van der Waals surface area contributed by atoms with E-state index >= 15 is 0 Å². The fraction of sp³-hybridized carbons (Fsp3) is 1.00. The summed E-state index contributed by atoms with van der Waals surface area (Å²) >= 11 is 0. The van der Waals surface area contributed by atoms with Gasteiger partial charge in [0.1, 0.15) is 0 Å². The maximum Gasteiger partial charge on any atom is 0.187 e. The van der Waals surface area contributed by atoms with E-state index in [-0.39, 0.29) is 17.4 Å². The van der Waals surface area contributed by atoms with Crippen LogP contribution in [0.1, 0.15) is 6.92 Å². The molecule has 0 aliphatic carbocycles. The van der Waals surface area contributed by atoms with Crippen LogP contribution in [0.5, 0.6) is 0 Å². The van der Waals surface area contributed by atoms with Gasteiger partial charge in [-0.3, -0.25) is 4.57 Å². The summed E-state index contributed by atoms with van der Waals surface area (Å²) in [5.74, 6) is 0. The molecule has 0 rings (SSSR count). The van der Waals surface area contributed by atoms with E-state index in [0.29, 0.717) is 6.61 Å². The topological polar surface area (TPSA) is 26.3 Å². The lowest BCUT2D eigenvalue weighted by molar-refractivity contribution is 0.365. The SMILES string of the molecule is CCO[PH2]=O.[AlH3]. The molecule has 1 unspecified atom stereocenters. The molecule has 0 aliphatic heterocycles. The van der Waals surface area contributed by atoms with Crippen molar-refractivity contribution in [1.82, 2.24) is 0 Å². The van der Waals surface area contributed by atoms with E-state index in [0.717, 1.165) is 0 Å². The molecule has 38 valence electrons. The number of rotatable bonds is 2. The van der Waals surface area contributed by atoms with Crippen molar-refractivity contribution in [3.05, 3.63) is 0 Å². The average Bonchev–Trinajstić information content (AvgIpc) is 1.41. The summed E-state index contributed by atoms with van der Waals surface area (Å²) in [6.07, 6.45) is 0. The number of hydrogen-bond acceptors (Lipinski definition) is 2. The molecule has 0 radical (unpaired) electrons. The maximum absolute atomic E-state index is 9.39. The van der Waals surface area contributed by atoms with Crippen LogP contribution in [0, 0.1) is 0 Å². The predicted octanol–water partition coefficient (Wildman–Crippen LogP) is -0.490. The van der Waals surface area contributed by atoms with E-state index < -0.39 is 8.69 Å². The predicted molar refractivity (Wildman–Crippen MR) is 32.0 cm³/mol. The third-order valence-corrected chi connectivity index (χ3v) is 0.704. The largest absolute Gasteiger partial charge is 0.333 e. The minimum absolute atomic E-state index is 0. The Morgan fingerprint density at radius 3 is 2.33 bits per heavy atom. The first kappa shape index (κ1) is 9.87. The lowest BCUT2D eigenvalue weighted by atomic mass is 10.9. The summed E-state index contributed by atoms with van der Waals surface area (Å²) < 4.78 is 13.8. The molecule has 0 fully saturated rings. The molecule has 6 heavy (non-hydrogen) atoms. The normalized spacial score (nSPS) is 8.83. The first-order valence-electron chi connectivity index (χ1n) is 1.47. The molecule has 0 aromatic heterocycles. The van der Waals surface area contributed by atoms with Crippen LogP contribution in [0.2, 0.25) is 0 Å². The van der Waals surface area contributed by atoms with E-state index in [1.807, 2.05) is 6.92 Å². The molecule has 0 heterocycles. The highest BCUT2D eigenvalue weighted by Gasteiger charge is 1.60. The molecule has 2 nitrogen and oxygen atoms in total. The Labute approximate surface area is 49.3 Å². The first-order valence-corrected chi connectivity index (χ1v) is 2.41. The van der Waals surface area contributed by atoms with E-state index in [1.54, 1.807) is 0 Å². The lowest BCUT2D eigenvalue weighted by Crippen LogP contribution is -1.65. The van der Waals surface area contributed by atoms with Gasteiger partial charge in [0, 0.05) is 0 Å². The van der Waals surface area contributed by atoms with Crippen LogP contribution in [0.15, 0.2) is 0 Å². The Morgan fingerprint density at radius 2 is 2.33 bits per heavy atom. The second kappa shape index (κ2) is 9.21. The van der Waals surface area contributed by atoms with Crippen molar-refractivity contribution < 1.29 is 9.09 Å². The lowest BCUT2D eigenvalue weighted by Gasteiger charge is -1.76. The highest BCUT2D eigenvalue weighted by Crippen LogP contribution is 1.89. The van der Waals surface area contributed by atoms with Gasteiger partial charge in [0.05, 0.1) is 6.61 Å². The quantitative estimate of drug-likeness (QED) is 0.366. The minimum Gasteiger partial charge on any atom is -0.333 e.